The van der Waals surface area contributed by atoms with E-state index in [1.807, 2.05) is 24.3 Å². The number of rotatable bonds is 11. The van der Waals surface area contributed by atoms with Crippen molar-refractivity contribution in [3.8, 4) is 0 Å². The molecule has 2 aromatic heterocycles. The summed E-state index contributed by atoms with van der Waals surface area (Å²) in [7, 11) is 0. The van der Waals surface area contributed by atoms with Gasteiger partial charge in [0.25, 0.3) is 0 Å². The summed E-state index contributed by atoms with van der Waals surface area (Å²) in [5.41, 5.74) is 7.63. The van der Waals surface area contributed by atoms with E-state index in [1.165, 1.54) is 12.5 Å². The van der Waals surface area contributed by atoms with Gasteiger partial charge in [0, 0.05) is 41.8 Å². The van der Waals surface area contributed by atoms with Gasteiger partial charge >= 0.3 is 11.9 Å². The number of fused-ring (bicyclic) bond motifs is 1. The molecule has 3 aromatic rings. The van der Waals surface area contributed by atoms with Crippen molar-refractivity contribution in [2.75, 3.05) is 0 Å². The molecule has 0 spiro atoms. The summed E-state index contributed by atoms with van der Waals surface area (Å²) >= 11 is 0. The normalized spacial score (nSPS) is 13.7. The minimum absolute atomic E-state index is 0.00827. The molecule has 0 radical (unpaired) electrons. The molecule has 12 nitrogen and oxygen atoms in total. The van der Waals surface area contributed by atoms with Gasteiger partial charge in [0.15, 0.2) is 0 Å². The van der Waals surface area contributed by atoms with Crippen LogP contribution in [0.3, 0.4) is 0 Å². The SMILES string of the molecule is NC(CC(=O)O)C(=O)NC(Cc1cnc[nH]1)C(=O)NC(Cc1c[nH]c2ccccc12)C(=O)O. The zero-order valence-corrected chi connectivity index (χ0v) is 17.4. The van der Waals surface area contributed by atoms with E-state index in [-0.39, 0.29) is 12.8 Å². The second-order valence-electron chi connectivity index (χ2n) is 7.51. The molecule has 0 bridgehead atoms. The number of aromatic nitrogens is 3. The van der Waals surface area contributed by atoms with Gasteiger partial charge in [0.1, 0.15) is 12.1 Å². The molecular formula is C21H24N6O6. The Labute approximate surface area is 187 Å². The Kier molecular flexibility index (Phi) is 7.41. The first-order chi connectivity index (χ1) is 15.7. The number of nitrogens with one attached hydrogen (secondary N) is 4. The number of benzene rings is 1. The molecule has 0 aliphatic rings. The van der Waals surface area contributed by atoms with Crippen molar-refractivity contribution in [3.63, 3.8) is 0 Å². The van der Waals surface area contributed by atoms with Gasteiger partial charge in [-0.2, -0.15) is 0 Å². The van der Waals surface area contributed by atoms with E-state index < -0.39 is 48.3 Å². The molecule has 3 atom stereocenters. The van der Waals surface area contributed by atoms with Crippen LogP contribution in [0.25, 0.3) is 10.9 Å². The topological polar surface area (TPSA) is 203 Å². The highest BCUT2D eigenvalue weighted by Crippen LogP contribution is 2.19. The van der Waals surface area contributed by atoms with E-state index in [0.717, 1.165) is 10.9 Å². The second-order valence-corrected chi connectivity index (χ2v) is 7.51. The third-order valence-electron chi connectivity index (χ3n) is 5.06. The van der Waals surface area contributed by atoms with E-state index in [9.17, 15) is 24.3 Å². The summed E-state index contributed by atoms with van der Waals surface area (Å²) in [5, 5.41) is 24.2. The summed E-state index contributed by atoms with van der Waals surface area (Å²) in [4.78, 5) is 57.7. The number of aliphatic carboxylic acids is 2. The number of para-hydroxylation sites is 1. The van der Waals surface area contributed by atoms with Crippen molar-refractivity contribution in [1.29, 1.82) is 0 Å². The average Bonchev–Trinajstić information content (AvgIpc) is 3.42. The molecule has 0 saturated heterocycles. The number of H-pyrrole nitrogens is 2. The summed E-state index contributed by atoms with van der Waals surface area (Å²) in [6.45, 7) is 0. The summed E-state index contributed by atoms with van der Waals surface area (Å²) in [5.74, 6) is -4.12. The number of carboxylic acids is 2. The maximum absolute atomic E-state index is 13.0. The van der Waals surface area contributed by atoms with Crippen molar-refractivity contribution >= 4 is 34.7 Å². The van der Waals surface area contributed by atoms with Crippen LogP contribution in [-0.4, -0.2) is 67.0 Å². The van der Waals surface area contributed by atoms with Crippen LogP contribution in [-0.2, 0) is 32.0 Å². The van der Waals surface area contributed by atoms with Crippen LogP contribution in [0.15, 0.2) is 43.0 Å². The standard InChI is InChI=1S/C21H24N6O6/c22-14(7-18(28)29)19(30)26-16(6-12-9-23-10-25-12)20(31)27-17(21(32)33)5-11-8-24-15-4-2-1-3-13(11)15/h1-4,8-10,14,16-17,24H,5-7,22H2,(H,23,25)(H,26,30)(H,27,31)(H,28,29)(H,32,33). The van der Waals surface area contributed by atoms with Gasteiger partial charge < -0.3 is 36.5 Å². The van der Waals surface area contributed by atoms with Gasteiger partial charge in [-0.05, 0) is 11.6 Å². The van der Waals surface area contributed by atoms with Gasteiger partial charge in [-0.25, -0.2) is 9.78 Å². The third-order valence-corrected chi connectivity index (χ3v) is 5.06. The zero-order chi connectivity index (χ0) is 24.0. The second kappa shape index (κ2) is 10.4. The van der Waals surface area contributed by atoms with Gasteiger partial charge in [0.05, 0.1) is 18.8 Å². The highest BCUT2D eigenvalue weighted by Gasteiger charge is 2.29. The lowest BCUT2D eigenvalue weighted by atomic mass is 10.0. The number of nitrogens with zero attached hydrogens (tertiary/aromatic N) is 1. The van der Waals surface area contributed by atoms with Gasteiger partial charge in [-0.15, -0.1) is 0 Å². The Morgan fingerprint density at radius 3 is 2.39 bits per heavy atom. The maximum atomic E-state index is 13.0. The molecule has 2 amide bonds. The van der Waals surface area contributed by atoms with Gasteiger partial charge in [0.2, 0.25) is 11.8 Å². The third kappa shape index (κ3) is 6.17. The van der Waals surface area contributed by atoms with E-state index >= 15 is 0 Å². The van der Waals surface area contributed by atoms with Crippen LogP contribution in [0, 0.1) is 0 Å². The Morgan fingerprint density at radius 1 is 1.00 bits per heavy atom. The smallest absolute Gasteiger partial charge is 0.326 e. The first-order valence-electron chi connectivity index (χ1n) is 10.1. The van der Waals surface area contributed by atoms with E-state index in [1.54, 1.807) is 6.20 Å². The lowest BCUT2D eigenvalue weighted by Gasteiger charge is -2.22. The molecule has 174 valence electrons. The predicted octanol–water partition coefficient (Wildman–Crippen LogP) is -0.468. The summed E-state index contributed by atoms with van der Waals surface area (Å²) in [6, 6.07) is 3.51. The Bertz CT molecular complexity index is 1140. The molecule has 3 unspecified atom stereocenters. The summed E-state index contributed by atoms with van der Waals surface area (Å²) < 4.78 is 0. The first kappa shape index (κ1) is 23.5. The molecular weight excluding hydrogens is 432 g/mol. The monoisotopic (exact) mass is 456 g/mol. The highest BCUT2D eigenvalue weighted by atomic mass is 16.4. The molecule has 12 heteroatoms. The average molecular weight is 456 g/mol. The number of imidazole rings is 1. The van der Waals surface area contributed by atoms with Crippen molar-refractivity contribution in [3.05, 3.63) is 54.2 Å². The van der Waals surface area contributed by atoms with Crippen LogP contribution in [0.5, 0.6) is 0 Å². The molecule has 0 saturated carbocycles. The van der Waals surface area contributed by atoms with Crippen LogP contribution < -0.4 is 16.4 Å². The summed E-state index contributed by atoms with van der Waals surface area (Å²) in [6.07, 6.45) is 3.87. The number of nitrogens with two attached hydrogens (primary N) is 1. The van der Waals surface area contributed by atoms with E-state index in [2.05, 4.69) is 25.6 Å². The minimum Gasteiger partial charge on any atom is -0.481 e. The predicted molar refractivity (Wildman–Crippen MR) is 116 cm³/mol. The quantitative estimate of drug-likeness (QED) is 0.200. The van der Waals surface area contributed by atoms with Crippen LogP contribution >= 0.6 is 0 Å². The van der Waals surface area contributed by atoms with E-state index in [0.29, 0.717) is 11.3 Å². The van der Waals surface area contributed by atoms with E-state index in [4.69, 9.17) is 10.8 Å². The Hall–Kier alpha value is -4.19. The highest BCUT2D eigenvalue weighted by molar-refractivity contribution is 5.93. The first-order valence-corrected chi connectivity index (χ1v) is 10.1. The van der Waals surface area contributed by atoms with Crippen molar-refractivity contribution < 1.29 is 29.4 Å². The van der Waals surface area contributed by atoms with Crippen LogP contribution in [0.2, 0.25) is 0 Å². The number of aromatic amines is 2. The van der Waals surface area contributed by atoms with Crippen LogP contribution in [0.4, 0.5) is 0 Å². The molecule has 0 fully saturated rings. The molecule has 3 rings (SSSR count). The Balaban J connectivity index is 1.75. The zero-order valence-electron chi connectivity index (χ0n) is 17.4. The molecule has 33 heavy (non-hydrogen) atoms. The minimum atomic E-state index is -1.37. The lowest BCUT2D eigenvalue weighted by molar-refractivity contribution is -0.142. The number of carbonyl (C=O) groups excluding carboxylic acids is 2. The number of hydrogen-bond acceptors (Lipinski definition) is 6. The molecule has 8 N–H and O–H groups in total. The molecule has 0 aliphatic heterocycles. The molecule has 1 aromatic carbocycles. The fraction of sp³-hybridized carbons (Fsp3) is 0.286. The molecule has 0 aliphatic carbocycles. The van der Waals surface area contributed by atoms with Gasteiger partial charge in [-0.1, -0.05) is 18.2 Å². The fourth-order valence-corrected chi connectivity index (χ4v) is 3.38. The number of amides is 2. The van der Waals surface area contributed by atoms with Gasteiger partial charge in [-0.3, -0.25) is 14.4 Å². The fourth-order valence-electron chi connectivity index (χ4n) is 3.38. The maximum Gasteiger partial charge on any atom is 0.326 e. The van der Waals surface area contributed by atoms with Crippen molar-refractivity contribution in [2.24, 2.45) is 5.73 Å². The van der Waals surface area contributed by atoms with Crippen LogP contribution in [0.1, 0.15) is 17.7 Å². The number of hydrogen-bond donors (Lipinski definition) is 7. The van der Waals surface area contributed by atoms with Crippen molar-refractivity contribution in [1.82, 2.24) is 25.6 Å². The largest absolute Gasteiger partial charge is 0.481 e. The Morgan fingerprint density at radius 2 is 1.73 bits per heavy atom. The number of carboxylic acid groups (broad SMARTS) is 2. The molecule has 2 heterocycles. The number of carbonyl (C=O) groups is 4. The lowest BCUT2D eigenvalue weighted by Crippen LogP contribution is -2.55. The van der Waals surface area contributed by atoms with Crippen molar-refractivity contribution in [2.45, 2.75) is 37.4 Å².